The second-order valence-electron chi connectivity index (χ2n) is 6.92. The minimum atomic E-state index is 0.660. The molecule has 1 aliphatic heterocycles. The first kappa shape index (κ1) is 18.7. The third kappa shape index (κ3) is 3.43. The maximum Gasteiger partial charge on any atom is 0.203 e. The van der Waals surface area contributed by atoms with Gasteiger partial charge in [-0.05, 0) is 61.0 Å². The minimum Gasteiger partial charge on any atom is -0.493 e. The summed E-state index contributed by atoms with van der Waals surface area (Å²) in [5.41, 5.74) is 3.61. The number of nitrogens with zero attached hydrogens (tertiary/aromatic N) is 4. The Hall–Kier alpha value is -2.64. The molecule has 0 saturated carbocycles. The Morgan fingerprint density at radius 3 is 2.39 bits per heavy atom. The standard InChI is InChI=1S/C21H24N4O2S/c1-15-22-24(21(28)25(15)18-7-5-4-6-8-18)14-23-10-9-16-11-19(26-2)20(27-3)12-17(16)13-23/h4-8,11-12H,9-10,13-14H2,1-3H3. The molecular weight excluding hydrogens is 372 g/mol. The summed E-state index contributed by atoms with van der Waals surface area (Å²) < 4.78 is 15.5. The molecule has 28 heavy (non-hydrogen) atoms. The van der Waals surface area contributed by atoms with Gasteiger partial charge in [-0.2, -0.15) is 5.10 Å². The lowest BCUT2D eigenvalue weighted by atomic mass is 9.99. The van der Waals surface area contributed by atoms with E-state index in [2.05, 4.69) is 22.1 Å². The van der Waals surface area contributed by atoms with Crippen molar-refractivity contribution in [2.24, 2.45) is 0 Å². The zero-order valence-corrected chi connectivity index (χ0v) is 17.2. The Bertz CT molecular complexity index is 1040. The lowest BCUT2D eigenvalue weighted by Crippen LogP contribution is -2.32. The molecule has 4 rings (SSSR count). The van der Waals surface area contributed by atoms with Gasteiger partial charge < -0.3 is 9.47 Å². The predicted octanol–water partition coefficient (Wildman–Crippen LogP) is 3.74. The van der Waals surface area contributed by atoms with Crippen LogP contribution in [0.15, 0.2) is 42.5 Å². The molecule has 1 aliphatic rings. The van der Waals surface area contributed by atoms with Crippen molar-refractivity contribution in [1.82, 2.24) is 19.2 Å². The summed E-state index contributed by atoms with van der Waals surface area (Å²) in [6, 6.07) is 14.3. The molecule has 0 aliphatic carbocycles. The zero-order valence-electron chi connectivity index (χ0n) is 16.4. The van der Waals surface area contributed by atoms with Gasteiger partial charge in [-0.3, -0.25) is 9.47 Å². The molecule has 0 radical (unpaired) electrons. The van der Waals surface area contributed by atoms with E-state index in [0.717, 1.165) is 42.5 Å². The highest BCUT2D eigenvalue weighted by molar-refractivity contribution is 7.71. The topological polar surface area (TPSA) is 44.5 Å². The van der Waals surface area contributed by atoms with Crippen LogP contribution in [0.4, 0.5) is 0 Å². The van der Waals surface area contributed by atoms with Crippen LogP contribution >= 0.6 is 12.2 Å². The van der Waals surface area contributed by atoms with Crippen molar-refractivity contribution in [3.8, 4) is 17.2 Å². The van der Waals surface area contributed by atoms with Gasteiger partial charge in [-0.15, -0.1) is 0 Å². The van der Waals surface area contributed by atoms with Crippen molar-refractivity contribution in [2.75, 3.05) is 20.8 Å². The fourth-order valence-electron chi connectivity index (χ4n) is 3.73. The normalized spacial score (nSPS) is 14.0. The van der Waals surface area contributed by atoms with Crippen LogP contribution in [0.5, 0.6) is 11.5 Å². The lowest BCUT2D eigenvalue weighted by Gasteiger charge is -2.29. The summed E-state index contributed by atoms with van der Waals surface area (Å²) in [7, 11) is 3.34. The van der Waals surface area contributed by atoms with E-state index in [0.29, 0.717) is 11.4 Å². The van der Waals surface area contributed by atoms with E-state index in [1.165, 1.54) is 11.1 Å². The highest BCUT2D eigenvalue weighted by atomic mass is 32.1. The van der Waals surface area contributed by atoms with Crippen LogP contribution in [0.3, 0.4) is 0 Å². The molecule has 0 unspecified atom stereocenters. The Balaban J connectivity index is 1.58. The summed E-state index contributed by atoms with van der Waals surface area (Å²) >= 11 is 5.71. The van der Waals surface area contributed by atoms with Crippen LogP contribution < -0.4 is 9.47 Å². The second-order valence-corrected chi connectivity index (χ2v) is 7.29. The average molecular weight is 397 g/mol. The molecule has 0 atom stereocenters. The van der Waals surface area contributed by atoms with Crippen molar-refractivity contribution in [1.29, 1.82) is 0 Å². The average Bonchev–Trinajstić information content (AvgIpc) is 3.00. The van der Waals surface area contributed by atoms with Gasteiger partial charge in [0.2, 0.25) is 4.77 Å². The minimum absolute atomic E-state index is 0.660. The largest absolute Gasteiger partial charge is 0.493 e. The number of fused-ring (bicyclic) bond motifs is 1. The Morgan fingerprint density at radius 1 is 1.04 bits per heavy atom. The van der Waals surface area contributed by atoms with E-state index in [9.17, 15) is 0 Å². The van der Waals surface area contributed by atoms with Crippen molar-refractivity contribution < 1.29 is 9.47 Å². The summed E-state index contributed by atoms with van der Waals surface area (Å²) in [6.45, 7) is 4.42. The Kier molecular flexibility index (Phi) is 5.19. The van der Waals surface area contributed by atoms with Crippen LogP contribution in [0.2, 0.25) is 0 Å². The highest BCUT2D eigenvalue weighted by Crippen LogP contribution is 2.33. The molecule has 2 aromatic carbocycles. The van der Waals surface area contributed by atoms with Crippen molar-refractivity contribution in [3.63, 3.8) is 0 Å². The molecule has 6 nitrogen and oxygen atoms in total. The van der Waals surface area contributed by atoms with Gasteiger partial charge in [0.05, 0.1) is 20.9 Å². The van der Waals surface area contributed by atoms with Gasteiger partial charge in [0.15, 0.2) is 11.5 Å². The van der Waals surface area contributed by atoms with E-state index in [1.807, 2.05) is 46.5 Å². The van der Waals surface area contributed by atoms with Crippen LogP contribution in [0.1, 0.15) is 17.0 Å². The molecule has 3 aromatic rings. The number of aromatic nitrogens is 3. The molecule has 0 N–H and O–H groups in total. The summed E-state index contributed by atoms with van der Waals surface area (Å²) in [5.74, 6) is 2.44. The molecule has 0 spiro atoms. The molecule has 2 heterocycles. The van der Waals surface area contributed by atoms with Crippen LogP contribution in [-0.2, 0) is 19.6 Å². The number of hydrogen-bond acceptors (Lipinski definition) is 5. The summed E-state index contributed by atoms with van der Waals surface area (Å²) in [5, 5.41) is 4.69. The van der Waals surface area contributed by atoms with Crippen LogP contribution in [0, 0.1) is 11.7 Å². The number of hydrogen-bond donors (Lipinski definition) is 0. The van der Waals surface area contributed by atoms with Gasteiger partial charge in [-0.25, -0.2) is 4.68 Å². The third-order valence-corrected chi connectivity index (χ3v) is 5.54. The van der Waals surface area contributed by atoms with Gasteiger partial charge in [0.1, 0.15) is 5.82 Å². The monoisotopic (exact) mass is 396 g/mol. The summed E-state index contributed by atoms with van der Waals surface area (Å²) in [4.78, 5) is 2.35. The molecule has 0 bridgehead atoms. The summed E-state index contributed by atoms with van der Waals surface area (Å²) in [6.07, 6.45) is 0.960. The Labute approximate surface area is 169 Å². The number of rotatable bonds is 5. The first-order chi connectivity index (χ1) is 13.6. The SMILES string of the molecule is COc1cc2c(cc1OC)CN(Cn1nc(C)n(-c3ccccc3)c1=S)CC2. The predicted molar refractivity (Wildman–Crippen MR) is 111 cm³/mol. The lowest BCUT2D eigenvalue weighted by molar-refractivity contribution is 0.187. The van der Waals surface area contributed by atoms with Gasteiger partial charge in [-0.1, -0.05) is 18.2 Å². The van der Waals surface area contributed by atoms with Gasteiger partial charge >= 0.3 is 0 Å². The van der Waals surface area contributed by atoms with Crippen LogP contribution in [-0.4, -0.2) is 40.0 Å². The van der Waals surface area contributed by atoms with E-state index in [-0.39, 0.29) is 0 Å². The van der Waals surface area contributed by atoms with Crippen molar-refractivity contribution in [3.05, 3.63) is 64.2 Å². The van der Waals surface area contributed by atoms with E-state index >= 15 is 0 Å². The first-order valence-corrected chi connectivity index (χ1v) is 9.69. The molecule has 1 aromatic heterocycles. The number of ether oxygens (including phenoxy) is 2. The fourth-order valence-corrected chi connectivity index (χ4v) is 4.07. The molecule has 146 valence electrons. The van der Waals surface area contributed by atoms with E-state index in [1.54, 1.807) is 14.2 Å². The smallest absolute Gasteiger partial charge is 0.203 e. The number of aryl methyl sites for hydroxylation is 1. The van der Waals surface area contributed by atoms with Gasteiger partial charge in [0.25, 0.3) is 0 Å². The van der Waals surface area contributed by atoms with Gasteiger partial charge in [0, 0.05) is 18.8 Å². The zero-order chi connectivity index (χ0) is 19.7. The molecule has 7 heteroatoms. The van der Waals surface area contributed by atoms with Crippen LogP contribution in [0.25, 0.3) is 5.69 Å². The third-order valence-electron chi connectivity index (χ3n) is 5.15. The first-order valence-electron chi connectivity index (χ1n) is 9.28. The van der Waals surface area contributed by atoms with Crippen molar-refractivity contribution in [2.45, 2.75) is 26.6 Å². The molecule has 0 fully saturated rings. The molecular formula is C21H24N4O2S. The Morgan fingerprint density at radius 2 is 1.71 bits per heavy atom. The quantitative estimate of drug-likeness (QED) is 0.615. The van der Waals surface area contributed by atoms with E-state index < -0.39 is 0 Å². The van der Waals surface area contributed by atoms with E-state index in [4.69, 9.17) is 21.7 Å². The second kappa shape index (κ2) is 7.77. The number of benzene rings is 2. The highest BCUT2D eigenvalue weighted by Gasteiger charge is 2.21. The fraction of sp³-hybridized carbons (Fsp3) is 0.333. The molecule has 0 amide bonds. The molecule has 0 saturated heterocycles. The maximum atomic E-state index is 5.71. The number of para-hydroxylation sites is 1. The van der Waals surface area contributed by atoms with Crippen molar-refractivity contribution >= 4 is 12.2 Å². The number of methoxy groups -OCH3 is 2. The maximum absolute atomic E-state index is 5.71.